The highest BCUT2D eigenvalue weighted by atomic mass is 19.1. The van der Waals surface area contributed by atoms with E-state index in [1.54, 1.807) is 12.1 Å². The molecule has 1 aliphatic rings. The number of carbonyl (C=O) groups is 1. The number of fused-ring (bicyclic) bond motifs is 1. The van der Waals surface area contributed by atoms with Gasteiger partial charge in [0.05, 0.1) is 6.04 Å². The van der Waals surface area contributed by atoms with E-state index in [0.29, 0.717) is 12.2 Å². The molecule has 1 atom stereocenters. The predicted molar refractivity (Wildman–Crippen MR) is 94.0 cm³/mol. The Bertz CT molecular complexity index is 913. The van der Waals surface area contributed by atoms with Gasteiger partial charge in [-0.05, 0) is 37.1 Å². The maximum atomic E-state index is 13.4. The Kier molecular flexibility index (Phi) is 4.03. The fourth-order valence-electron chi connectivity index (χ4n) is 3.71. The first kappa shape index (κ1) is 15.9. The Morgan fingerprint density at radius 1 is 1.40 bits per heavy atom. The first-order valence-corrected chi connectivity index (χ1v) is 8.75. The molecule has 3 heterocycles. The highest BCUT2D eigenvalue weighted by Gasteiger charge is 2.27. The monoisotopic (exact) mass is 340 g/mol. The van der Waals surface area contributed by atoms with Crippen LogP contribution in [0.5, 0.6) is 0 Å². The summed E-state index contributed by atoms with van der Waals surface area (Å²) in [5, 5.41) is 0.722. The molecule has 0 saturated carbocycles. The highest BCUT2D eigenvalue weighted by Crippen LogP contribution is 2.25. The molecule has 1 amide bonds. The third-order valence-electron chi connectivity index (χ3n) is 4.96. The quantitative estimate of drug-likeness (QED) is 0.793. The van der Waals surface area contributed by atoms with Gasteiger partial charge in [-0.3, -0.25) is 4.79 Å². The SMILES string of the molecule is CCc1nccn1[C@H]1CCCN(C(=O)c2cc3cc(F)ccc3[nH]2)C1. The largest absolute Gasteiger partial charge is 0.351 e. The first-order chi connectivity index (χ1) is 12.2. The molecule has 0 radical (unpaired) electrons. The van der Waals surface area contributed by atoms with E-state index < -0.39 is 0 Å². The summed E-state index contributed by atoms with van der Waals surface area (Å²) in [6.45, 7) is 3.51. The molecule has 0 bridgehead atoms. The summed E-state index contributed by atoms with van der Waals surface area (Å²) in [5.74, 6) is 0.732. The topological polar surface area (TPSA) is 53.9 Å². The highest BCUT2D eigenvalue weighted by molar-refractivity contribution is 5.98. The summed E-state index contributed by atoms with van der Waals surface area (Å²) in [7, 11) is 0. The summed E-state index contributed by atoms with van der Waals surface area (Å²) in [4.78, 5) is 22.3. The molecule has 3 aromatic rings. The number of aromatic amines is 1. The third kappa shape index (κ3) is 2.92. The molecule has 0 aliphatic carbocycles. The molecule has 0 unspecified atom stereocenters. The number of halogens is 1. The number of aromatic nitrogens is 3. The lowest BCUT2D eigenvalue weighted by Gasteiger charge is -2.33. The van der Waals surface area contributed by atoms with Crippen LogP contribution < -0.4 is 0 Å². The Labute approximate surface area is 145 Å². The van der Waals surface area contributed by atoms with Gasteiger partial charge in [-0.2, -0.15) is 0 Å². The van der Waals surface area contributed by atoms with E-state index in [9.17, 15) is 9.18 Å². The van der Waals surface area contributed by atoms with Crippen LogP contribution in [0, 0.1) is 5.82 Å². The fourth-order valence-corrected chi connectivity index (χ4v) is 3.71. The van der Waals surface area contributed by atoms with Crippen molar-refractivity contribution < 1.29 is 9.18 Å². The molecule has 25 heavy (non-hydrogen) atoms. The van der Waals surface area contributed by atoms with E-state index in [-0.39, 0.29) is 17.8 Å². The number of hydrogen-bond acceptors (Lipinski definition) is 2. The summed E-state index contributed by atoms with van der Waals surface area (Å²) >= 11 is 0. The van der Waals surface area contributed by atoms with E-state index in [4.69, 9.17) is 0 Å². The molecule has 1 N–H and O–H groups in total. The lowest BCUT2D eigenvalue weighted by molar-refractivity contribution is 0.0673. The molecular formula is C19H21FN4O. The number of nitrogens with one attached hydrogen (secondary N) is 1. The fraction of sp³-hybridized carbons (Fsp3) is 0.368. The van der Waals surface area contributed by atoms with Gasteiger partial charge in [0, 0.05) is 42.8 Å². The molecule has 0 spiro atoms. The molecule has 130 valence electrons. The Balaban J connectivity index is 1.56. The number of amides is 1. The normalized spacial score (nSPS) is 18.0. The zero-order chi connectivity index (χ0) is 17.4. The van der Waals surface area contributed by atoms with Crippen molar-refractivity contribution in [3.63, 3.8) is 0 Å². The van der Waals surface area contributed by atoms with Crippen LogP contribution in [0.25, 0.3) is 10.9 Å². The van der Waals surface area contributed by atoms with E-state index in [0.717, 1.165) is 42.5 Å². The summed E-state index contributed by atoms with van der Waals surface area (Å²) in [5.41, 5.74) is 1.30. The van der Waals surface area contributed by atoms with Crippen LogP contribution in [0.4, 0.5) is 4.39 Å². The maximum absolute atomic E-state index is 13.4. The minimum absolute atomic E-state index is 0.0283. The second-order valence-electron chi connectivity index (χ2n) is 6.57. The van der Waals surface area contributed by atoms with Gasteiger partial charge >= 0.3 is 0 Å². The third-order valence-corrected chi connectivity index (χ3v) is 4.96. The number of imidazole rings is 1. The summed E-state index contributed by atoms with van der Waals surface area (Å²) in [6.07, 6.45) is 6.72. The molecule has 5 nitrogen and oxygen atoms in total. The lowest BCUT2D eigenvalue weighted by atomic mass is 10.0. The van der Waals surface area contributed by atoms with E-state index in [2.05, 4.69) is 21.5 Å². The number of rotatable bonds is 3. The second-order valence-corrected chi connectivity index (χ2v) is 6.57. The van der Waals surface area contributed by atoms with Crippen molar-refractivity contribution in [2.45, 2.75) is 32.2 Å². The zero-order valence-corrected chi connectivity index (χ0v) is 14.2. The van der Waals surface area contributed by atoms with Crippen molar-refractivity contribution in [3.8, 4) is 0 Å². The molecule has 4 rings (SSSR count). The maximum Gasteiger partial charge on any atom is 0.270 e. The van der Waals surface area contributed by atoms with Crippen molar-refractivity contribution >= 4 is 16.8 Å². The van der Waals surface area contributed by atoms with Gasteiger partial charge in [-0.15, -0.1) is 0 Å². The van der Waals surface area contributed by atoms with Crippen LogP contribution >= 0.6 is 0 Å². The Morgan fingerprint density at radius 3 is 3.12 bits per heavy atom. The second kappa shape index (κ2) is 6.35. The molecule has 1 saturated heterocycles. The van der Waals surface area contributed by atoms with Crippen LogP contribution in [0.1, 0.15) is 42.1 Å². The van der Waals surface area contributed by atoms with Crippen molar-refractivity contribution in [2.75, 3.05) is 13.1 Å². The number of nitrogens with zero attached hydrogens (tertiary/aromatic N) is 3. The average Bonchev–Trinajstić information content (AvgIpc) is 3.27. The van der Waals surface area contributed by atoms with Crippen molar-refractivity contribution in [1.29, 1.82) is 0 Å². The Morgan fingerprint density at radius 2 is 2.28 bits per heavy atom. The van der Waals surface area contributed by atoms with Crippen LogP contribution in [0.2, 0.25) is 0 Å². The number of piperidine rings is 1. The van der Waals surface area contributed by atoms with Gasteiger partial charge in [-0.25, -0.2) is 9.37 Å². The molecule has 1 aliphatic heterocycles. The molecule has 1 fully saturated rings. The van der Waals surface area contributed by atoms with Crippen LogP contribution in [0.15, 0.2) is 36.7 Å². The summed E-state index contributed by atoms with van der Waals surface area (Å²) < 4.78 is 15.6. The lowest BCUT2D eigenvalue weighted by Crippen LogP contribution is -2.41. The van der Waals surface area contributed by atoms with Crippen LogP contribution in [0.3, 0.4) is 0 Å². The predicted octanol–water partition coefficient (Wildman–Crippen LogP) is 3.54. The molecule has 2 aromatic heterocycles. The average molecular weight is 340 g/mol. The van der Waals surface area contributed by atoms with Gasteiger partial charge in [0.2, 0.25) is 0 Å². The van der Waals surface area contributed by atoms with Crippen LogP contribution in [-0.2, 0) is 6.42 Å². The van der Waals surface area contributed by atoms with E-state index >= 15 is 0 Å². The number of H-pyrrole nitrogens is 1. The molecule has 1 aromatic carbocycles. The smallest absolute Gasteiger partial charge is 0.270 e. The molecular weight excluding hydrogens is 319 g/mol. The Hall–Kier alpha value is -2.63. The summed E-state index contributed by atoms with van der Waals surface area (Å²) in [6, 6.07) is 6.51. The minimum Gasteiger partial charge on any atom is -0.351 e. The van der Waals surface area contributed by atoms with Crippen LogP contribution in [-0.4, -0.2) is 38.4 Å². The van der Waals surface area contributed by atoms with E-state index in [1.807, 2.05) is 17.3 Å². The van der Waals surface area contributed by atoms with Gasteiger partial charge < -0.3 is 14.5 Å². The van der Waals surface area contributed by atoms with Gasteiger partial charge in [-0.1, -0.05) is 6.92 Å². The number of likely N-dealkylation sites (tertiary alicyclic amines) is 1. The minimum atomic E-state index is -0.296. The van der Waals surface area contributed by atoms with Crippen molar-refractivity contribution in [2.24, 2.45) is 0 Å². The first-order valence-electron chi connectivity index (χ1n) is 8.75. The zero-order valence-electron chi connectivity index (χ0n) is 14.2. The van der Waals surface area contributed by atoms with Gasteiger partial charge in [0.1, 0.15) is 17.3 Å². The number of benzene rings is 1. The number of aryl methyl sites for hydroxylation is 1. The van der Waals surface area contributed by atoms with Gasteiger partial charge in [0.25, 0.3) is 5.91 Å². The number of hydrogen-bond donors (Lipinski definition) is 1. The molecule has 6 heteroatoms. The van der Waals surface area contributed by atoms with E-state index in [1.165, 1.54) is 12.1 Å². The number of carbonyl (C=O) groups excluding carboxylic acids is 1. The van der Waals surface area contributed by atoms with Gasteiger partial charge in [0.15, 0.2) is 0 Å². The van der Waals surface area contributed by atoms with Crippen molar-refractivity contribution in [1.82, 2.24) is 19.4 Å². The van der Waals surface area contributed by atoms with Crippen molar-refractivity contribution in [3.05, 3.63) is 54.0 Å². The standard InChI is InChI=1S/C19H21FN4O/c1-2-18-21-7-9-24(18)15-4-3-8-23(12-15)19(25)17-11-13-10-14(20)5-6-16(13)22-17/h5-7,9-11,15,22H,2-4,8,12H2,1H3/t15-/m0/s1.